The Morgan fingerprint density at radius 1 is 1.14 bits per heavy atom. The number of hydrogen-bond acceptors (Lipinski definition) is 4. The van der Waals surface area contributed by atoms with Crippen LogP contribution in [0.15, 0.2) is 46.9 Å². The lowest BCUT2D eigenvalue weighted by molar-refractivity contribution is 0.103. The summed E-state index contributed by atoms with van der Waals surface area (Å²) in [5, 5.41) is 0. The topological polar surface area (TPSA) is 61.5 Å². The van der Waals surface area contributed by atoms with Gasteiger partial charge < -0.3 is 15.2 Å². The fraction of sp³-hybridized carbons (Fsp3) is 0.188. The van der Waals surface area contributed by atoms with Gasteiger partial charge in [-0.25, -0.2) is 0 Å². The standard InChI is InChI=1S/C16H16BrNO3/c1-20-8-9-21-15-5-3-2-4-12(15)16(19)13-10-11(18)6-7-14(13)17/h2-7,10H,8-9,18H2,1H3. The van der Waals surface area contributed by atoms with Crippen molar-refractivity contribution in [2.45, 2.75) is 0 Å². The summed E-state index contributed by atoms with van der Waals surface area (Å²) in [5.41, 5.74) is 7.31. The Morgan fingerprint density at radius 2 is 1.90 bits per heavy atom. The third kappa shape index (κ3) is 3.83. The number of rotatable bonds is 6. The van der Waals surface area contributed by atoms with E-state index >= 15 is 0 Å². The van der Waals surface area contributed by atoms with Gasteiger partial charge in [0.2, 0.25) is 0 Å². The quantitative estimate of drug-likeness (QED) is 0.493. The van der Waals surface area contributed by atoms with Crippen molar-refractivity contribution < 1.29 is 14.3 Å². The van der Waals surface area contributed by atoms with Crippen molar-refractivity contribution in [1.29, 1.82) is 0 Å². The van der Waals surface area contributed by atoms with E-state index in [2.05, 4.69) is 15.9 Å². The molecule has 0 aliphatic rings. The van der Waals surface area contributed by atoms with E-state index in [1.807, 2.05) is 6.07 Å². The zero-order valence-corrected chi connectivity index (χ0v) is 13.2. The van der Waals surface area contributed by atoms with Gasteiger partial charge in [0.15, 0.2) is 5.78 Å². The maximum atomic E-state index is 12.7. The molecule has 0 atom stereocenters. The van der Waals surface area contributed by atoms with E-state index in [1.165, 1.54) is 0 Å². The lowest BCUT2D eigenvalue weighted by Gasteiger charge is -2.11. The molecule has 5 heteroatoms. The van der Waals surface area contributed by atoms with Gasteiger partial charge in [-0.1, -0.05) is 28.1 Å². The minimum Gasteiger partial charge on any atom is -0.490 e. The van der Waals surface area contributed by atoms with E-state index < -0.39 is 0 Å². The zero-order chi connectivity index (χ0) is 15.2. The predicted molar refractivity (Wildman–Crippen MR) is 85.8 cm³/mol. The van der Waals surface area contributed by atoms with Crippen molar-refractivity contribution in [2.24, 2.45) is 0 Å². The molecule has 2 aromatic carbocycles. The summed E-state index contributed by atoms with van der Waals surface area (Å²) < 4.78 is 11.2. The van der Waals surface area contributed by atoms with Gasteiger partial charge in [0.1, 0.15) is 12.4 Å². The molecule has 0 saturated heterocycles. The summed E-state index contributed by atoms with van der Waals surface area (Å²) in [4.78, 5) is 12.7. The van der Waals surface area contributed by atoms with Gasteiger partial charge in [-0.05, 0) is 30.3 Å². The molecule has 0 saturated carbocycles. The predicted octanol–water partition coefficient (Wildman–Crippen LogP) is 3.29. The average Bonchev–Trinajstić information content (AvgIpc) is 2.50. The number of anilines is 1. The van der Waals surface area contributed by atoms with Gasteiger partial charge in [-0.15, -0.1) is 0 Å². The first-order chi connectivity index (χ1) is 10.1. The van der Waals surface area contributed by atoms with Gasteiger partial charge in [0.05, 0.1) is 12.2 Å². The lowest BCUT2D eigenvalue weighted by atomic mass is 10.0. The van der Waals surface area contributed by atoms with E-state index in [1.54, 1.807) is 43.5 Å². The average molecular weight is 350 g/mol. The molecule has 0 unspecified atom stereocenters. The molecule has 0 aromatic heterocycles. The molecule has 0 amide bonds. The smallest absolute Gasteiger partial charge is 0.197 e. The Labute approximate surface area is 132 Å². The fourth-order valence-corrected chi connectivity index (χ4v) is 2.30. The van der Waals surface area contributed by atoms with Crippen LogP contribution >= 0.6 is 15.9 Å². The highest BCUT2D eigenvalue weighted by atomic mass is 79.9. The van der Waals surface area contributed by atoms with Gasteiger partial charge in [-0.2, -0.15) is 0 Å². The lowest BCUT2D eigenvalue weighted by Crippen LogP contribution is -2.10. The molecular weight excluding hydrogens is 334 g/mol. The number of benzene rings is 2. The Hall–Kier alpha value is -1.85. The van der Waals surface area contributed by atoms with Crippen molar-refractivity contribution >= 4 is 27.4 Å². The number of hydrogen-bond donors (Lipinski definition) is 1. The molecule has 0 aliphatic carbocycles. The third-order valence-corrected chi connectivity index (χ3v) is 3.60. The van der Waals surface area contributed by atoms with Gasteiger partial charge in [0, 0.05) is 22.8 Å². The van der Waals surface area contributed by atoms with E-state index in [4.69, 9.17) is 15.2 Å². The van der Waals surface area contributed by atoms with Gasteiger partial charge >= 0.3 is 0 Å². The van der Waals surface area contributed by atoms with Crippen LogP contribution in [-0.2, 0) is 4.74 Å². The van der Waals surface area contributed by atoms with Crippen LogP contribution in [0.25, 0.3) is 0 Å². The van der Waals surface area contributed by atoms with Crippen LogP contribution in [0.1, 0.15) is 15.9 Å². The molecule has 2 N–H and O–H groups in total. The van der Waals surface area contributed by atoms with Crippen LogP contribution in [0.4, 0.5) is 5.69 Å². The minimum absolute atomic E-state index is 0.137. The second kappa shape index (κ2) is 7.24. The number of halogens is 1. The summed E-state index contributed by atoms with van der Waals surface area (Å²) in [7, 11) is 1.60. The monoisotopic (exact) mass is 349 g/mol. The normalized spacial score (nSPS) is 10.4. The molecule has 21 heavy (non-hydrogen) atoms. The molecule has 4 nitrogen and oxygen atoms in total. The Morgan fingerprint density at radius 3 is 2.67 bits per heavy atom. The molecule has 0 fully saturated rings. The van der Waals surface area contributed by atoms with E-state index in [0.717, 1.165) is 0 Å². The summed E-state index contributed by atoms with van der Waals surface area (Å²) in [6.45, 7) is 0.851. The number of carbonyl (C=O) groups excluding carboxylic acids is 1. The van der Waals surface area contributed by atoms with Crippen LogP contribution < -0.4 is 10.5 Å². The van der Waals surface area contributed by atoms with E-state index in [9.17, 15) is 4.79 Å². The molecule has 0 heterocycles. The Bertz CT molecular complexity index is 643. The van der Waals surface area contributed by atoms with Crippen molar-refractivity contribution in [3.05, 3.63) is 58.1 Å². The van der Waals surface area contributed by atoms with E-state index in [0.29, 0.717) is 40.3 Å². The summed E-state index contributed by atoms with van der Waals surface area (Å²) >= 11 is 3.38. The molecule has 0 radical (unpaired) electrons. The largest absolute Gasteiger partial charge is 0.490 e. The molecule has 0 spiro atoms. The first-order valence-corrected chi connectivity index (χ1v) is 7.23. The van der Waals surface area contributed by atoms with Crippen molar-refractivity contribution in [1.82, 2.24) is 0 Å². The van der Waals surface area contributed by atoms with Crippen LogP contribution in [0, 0.1) is 0 Å². The highest BCUT2D eigenvalue weighted by molar-refractivity contribution is 9.10. The number of methoxy groups -OCH3 is 1. The molecular formula is C16H16BrNO3. The maximum absolute atomic E-state index is 12.7. The second-order valence-corrected chi connectivity index (χ2v) is 5.26. The molecule has 2 rings (SSSR count). The number of nitrogen functional groups attached to an aromatic ring is 1. The highest BCUT2D eigenvalue weighted by Crippen LogP contribution is 2.27. The number of carbonyl (C=O) groups is 1. The Kier molecular flexibility index (Phi) is 5.36. The van der Waals surface area contributed by atoms with Gasteiger partial charge in [-0.3, -0.25) is 4.79 Å². The molecule has 2 aromatic rings. The first kappa shape index (κ1) is 15.5. The molecule has 0 aliphatic heterocycles. The van der Waals surface area contributed by atoms with E-state index in [-0.39, 0.29) is 5.78 Å². The van der Waals surface area contributed by atoms with Gasteiger partial charge in [0.25, 0.3) is 0 Å². The minimum atomic E-state index is -0.137. The fourth-order valence-electron chi connectivity index (χ4n) is 1.88. The van der Waals surface area contributed by atoms with Crippen LogP contribution in [0.3, 0.4) is 0 Å². The van der Waals surface area contributed by atoms with Crippen LogP contribution in [0.5, 0.6) is 5.75 Å². The molecule has 110 valence electrons. The van der Waals surface area contributed by atoms with Crippen molar-refractivity contribution in [3.8, 4) is 5.75 Å². The second-order valence-electron chi connectivity index (χ2n) is 4.41. The first-order valence-electron chi connectivity index (χ1n) is 6.44. The third-order valence-electron chi connectivity index (χ3n) is 2.91. The maximum Gasteiger partial charge on any atom is 0.197 e. The number of ketones is 1. The zero-order valence-electron chi connectivity index (χ0n) is 11.6. The highest BCUT2D eigenvalue weighted by Gasteiger charge is 2.17. The molecule has 0 bridgehead atoms. The summed E-state index contributed by atoms with van der Waals surface area (Å²) in [5.74, 6) is 0.399. The number of para-hydroxylation sites is 1. The van der Waals surface area contributed by atoms with Crippen molar-refractivity contribution in [3.63, 3.8) is 0 Å². The number of nitrogens with two attached hydrogens (primary N) is 1. The van der Waals surface area contributed by atoms with Crippen LogP contribution in [0.2, 0.25) is 0 Å². The Balaban J connectivity index is 2.32. The SMILES string of the molecule is COCCOc1ccccc1C(=O)c1cc(N)ccc1Br. The summed E-state index contributed by atoms with van der Waals surface area (Å²) in [6, 6.07) is 12.3. The summed E-state index contributed by atoms with van der Waals surface area (Å²) in [6.07, 6.45) is 0. The van der Waals surface area contributed by atoms with Crippen molar-refractivity contribution in [2.75, 3.05) is 26.1 Å². The van der Waals surface area contributed by atoms with Crippen LogP contribution in [-0.4, -0.2) is 26.1 Å². The number of ether oxygens (including phenoxy) is 2.